The Morgan fingerprint density at radius 2 is 1.43 bits per heavy atom. The number of nitro groups is 1. The van der Waals surface area contributed by atoms with E-state index in [1.807, 2.05) is 38.1 Å². The summed E-state index contributed by atoms with van der Waals surface area (Å²) in [6.45, 7) is 5.47. The molecule has 192 valence electrons. The third kappa shape index (κ3) is 6.38. The third-order valence-electron chi connectivity index (χ3n) is 6.11. The van der Waals surface area contributed by atoms with Gasteiger partial charge in [0.2, 0.25) is 5.91 Å². The number of hydrogen-bond donors (Lipinski definition) is 1. The van der Waals surface area contributed by atoms with Crippen molar-refractivity contribution in [1.29, 1.82) is 0 Å². The van der Waals surface area contributed by atoms with E-state index in [1.54, 1.807) is 31.2 Å². The van der Waals surface area contributed by atoms with E-state index in [4.69, 9.17) is 5.11 Å². The van der Waals surface area contributed by atoms with Gasteiger partial charge in [-0.25, -0.2) is 0 Å². The van der Waals surface area contributed by atoms with E-state index < -0.39 is 22.8 Å². The van der Waals surface area contributed by atoms with Crippen molar-refractivity contribution >= 4 is 34.8 Å². The van der Waals surface area contributed by atoms with Crippen molar-refractivity contribution in [3.63, 3.8) is 0 Å². The predicted octanol–water partition coefficient (Wildman–Crippen LogP) is 5.14. The van der Waals surface area contributed by atoms with Gasteiger partial charge in [0.15, 0.2) is 0 Å². The highest BCUT2D eigenvalue weighted by atomic mass is 16.6. The first-order chi connectivity index (χ1) is 17.6. The Morgan fingerprint density at radius 3 is 1.95 bits per heavy atom. The van der Waals surface area contributed by atoms with Crippen molar-refractivity contribution in [2.45, 2.75) is 39.7 Å². The van der Waals surface area contributed by atoms with Gasteiger partial charge in [0.1, 0.15) is 6.04 Å². The maximum atomic E-state index is 14.0. The van der Waals surface area contributed by atoms with Crippen molar-refractivity contribution in [3.8, 4) is 0 Å². The van der Waals surface area contributed by atoms with Crippen LogP contribution in [0.2, 0.25) is 0 Å². The quantitative estimate of drug-likeness (QED) is 0.302. The maximum Gasteiger partial charge on any atom is 0.303 e. The van der Waals surface area contributed by atoms with E-state index in [2.05, 4.69) is 0 Å². The van der Waals surface area contributed by atoms with E-state index in [0.717, 1.165) is 11.1 Å². The highest BCUT2D eigenvalue weighted by Crippen LogP contribution is 2.28. The van der Waals surface area contributed by atoms with Crippen LogP contribution in [0.25, 0.3) is 0 Å². The lowest BCUT2D eigenvalue weighted by molar-refractivity contribution is -0.384. The van der Waals surface area contributed by atoms with E-state index in [-0.39, 0.29) is 36.5 Å². The van der Waals surface area contributed by atoms with Gasteiger partial charge in [-0.2, -0.15) is 0 Å². The summed E-state index contributed by atoms with van der Waals surface area (Å²) in [6, 6.07) is 18.7. The molecule has 0 aromatic heterocycles. The summed E-state index contributed by atoms with van der Waals surface area (Å²) >= 11 is 0. The first-order valence-electron chi connectivity index (χ1n) is 11.8. The minimum Gasteiger partial charge on any atom is -0.481 e. The standard InChI is InChI=1S/C28H29N3O6/c1-19-9-4-6-11-24(19)29(18-8-13-26(32)33)27(34)21(3)30(25-12-7-5-10-20(25)2)28(35)22-14-16-23(17-15-22)31(36)37/h4-7,9-12,14-17,21H,8,13,18H2,1-3H3,(H,32,33). The number of aliphatic carboxylic acids is 1. The number of para-hydroxylation sites is 2. The summed E-state index contributed by atoms with van der Waals surface area (Å²) in [7, 11) is 0. The van der Waals surface area contributed by atoms with Gasteiger partial charge in [-0.15, -0.1) is 0 Å². The first-order valence-corrected chi connectivity index (χ1v) is 11.8. The van der Waals surface area contributed by atoms with Crippen LogP contribution in [-0.4, -0.2) is 40.4 Å². The summed E-state index contributed by atoms with van der Waals surface area (Å²) in [5.41, 5.74) is 2.82. The number of aryl methyl sites for hydroxylation is 2. The molecule has 3 aromatic rings. The van der Waals surface area contributed by atoms with E-state index in [9.17, 15) is 24.5 Å². The number of hydrogen-bond acceptors (Lipinski definition) is 5. The highest BCUT2D eigenvalue weighted by Gasteiger charge is 2.33. The number of rotatable bonds is 10. The maximum absolute atomic E-state index is 14.0. The van der Waals surface area contributed by atoms with Crippen LogP contribution in [0.15, 0.2) is 72.8 Å². The first kappa shape index (κ1) is 27.1. The van der Waals surface area contributed by atoms with Gasteiger partial charge in [0.05, 0.1) is 4.92 Å². The van der Waals surface area contributed by atoms with Crippen molar-refractivity contribution < 1.29 is 24.4 Å². The number of carboxylic acids is 1. The zero-order chi connectivity index (χ0) is 27.1. The largest absolute Gasteiger partial charge is 0.481 e. The average molecular weight is 504 g/mol. The fraction of sp³-hybridized carbons (Fsp3) is 0.250. The van der Waals surface area contributed by atoms with E-state index >= 15 is 0 Å². The Kier molecular flexibility index (Phi) is 8.73. The zero-order valence-electron chi connectivity index (χ0n) is 21.0. The Labute approximate surface area is 215 Å². The zero-order valence-corrected chi connectivity index (χ0v) is 21.0. The van der Waals surface area contributed by atoms with Crippen LogP contribution < -0.4 is 9.80 Å². The molecule has 0 spiro atoms. The summed E-state index contributed by atoms with van der Waals surface area (Å²) in [5.74, 6) is -1.82. The molecule has 0 aliphatic carbocycles. The molecule has 0 fully saturated rings. The second kappa shape index (κ2) is 11.9. The number of nitrogens with zero attached hydrogens (tertiary/aromatic N) is 3. The molecule has 1 atom stereocenters. The molecule has 3 aromatic carbocycles. The van der Waals surface area contributed by atoms with Crippen LogP contribution in [-0.2, 0) is 9.59 Å². The Bertz CT molecular complexity index is 1310. The lowest BCUT2D eigenvalue weighted by atomic mass is 10.1. The van der Waals surface area contributed by atoms with Crippen LogP contribution in [0.5, 0.6) is 0 Å². The van der Waals surface area contributed by atoms with Crippen molar-refractivity contribution in [1.82, 2.24) is 0 Å². The summed E-state index contributed by atoms with van der Waals surface area (Å²) in [5, 5.41) is 20.2. The number of non-ortho nitro benzene ring substituents is 1. The molecular formula is C28H29N3O6. The average Bonchev–Trinajstić information content (AvgIpc) is 2.88. The molecule has 9 nitrogen and oxygen atoms in total. The lowest BCUT2D eigenvalue weighted by Gasteiger charge is -2.34. The summed E-state index contributed by atoms with van der Waals surface area (Å²) in [6.07, 6.45) is 0.135. The molecule has 3 rings (SSSR count). The second-order valence-electron chi connectivity index (χ2n) is 8.72. The normalized spacial score (nSPS) is 11.4. The molecule has 1 unspecified atom stereocenters. The van der Waals surface area contributed by atoms with Gasteiger partial charge in [0, 0.05) is 42.0 Å². The van der Waals surface area contributed by atoms with Crippen molar-refractivity contribution in [2.24, 2.45) is 0 Å². The van der Waals surface area contributed by atoms with Crippen LogP contribution in [0.3, 0.4) is 0 Å². The Hall–Kier alpha value is -4.53. The van der Waals surface area contributed by atoms with Crippen LogP contribution in [0.1, 0.15) is 41.3 Å². The number of carbonyl (C=O) groups is 3. The SMILES string of the molecule is Cc1ccccc1N(CCCC(=O)O)C(=O)C(C)N(C(=O)c1ccc([N+](=O)[O-])cc1)c1ccccc1C. The molecule has 1 N–H and O–H groups in total. The van der Waals surface area contributed by atoms with Gasteiger partial charge in [-0.1, -0.05) is 36.4 Å². The Balaban J connectivity index is 2.04. The topological polar surface area (TPSA) is 121 Å². The third-order valence-corrected chi connectivity index (χ3v) is 6.11. The smallest absolute Gasteiger partial charge is 0.303 e. The fourth-order valence-electron chi connectivity index (χ4n) is 4.13. The number of carboxylic acid groups (broad SMARTS) is 1. The molecular weight excluding hydrogens is 474 g/mol. The van der Waals surface area contributed by atoms with Crippen LogP contribution in [0.4, 0.5) is 17.1 Å². The second-order valence-corrected chi connectivity index (χ2v) is 8.72. The highest BCUT2D eigenvalue weighted by molar-refractivity contribution is 6.12. The van der Waals surface area contributed by atoms with E-state index in [0.29, 0.717) is 11.4 Å². The van der Waals surface area contributed by atoms with Crippen molar-refractivity contribution in [3.05, 3.63) is 99.6 Å². The monoisotopic (exact) mass is 503 g/mol. The molecule has 0 heterocycles. The Morgan fingerprint density at radius 1 is 0.892 bits per heavy atom. The lowest BCUT2D eigenvalue weighted by Crippen LogP contribution is -2.50. The van der Waals surface area contributed by atoms with Gasteiger partial charge in [-0.05, 0) is 62.6 Å². The van der Waals surface area contributed by atoms with Gasteiger partial charge < -0.3 is 10.0 Å². The minimum absolute atomic E-state index is 0.104. The minimum atomic E-state index is -0.965. The summed E-state index contributed by atoms with van der Waals surface area (Å²) in [4.78, 5) is 52.3. The van der Waals surface area contributed by atoms with Crippen LogP contribution >= 0.6 is 0 Å². The van der Waals surface area contributed by atoms with Crippen molar-refractivity contribution in [2.75, 3.05) is 16.3 Å². The molecule has 0 bridgehead atoms. The number of amides is 2. The molecule has 0 aliphatic heterocycles. The van der Waals surface area contributed by atoms with Gasteiger partial charge in [0.25, 0.3) is 11.6 Å². The predicted molar refractivity (Wildman–Crippen MR) is 141 cm³/mol. The van der Waals surface area contributed by atoms with E-state index in [1.165, 1.54) is 34.1 Å². The molecule has 0 saturated heterocycles. The van der Waals surface area contributed by atoms with Crippen LogP contribution in [0, 0.1) is 24.0 Å². The number of benzene rings is 3. The molecule has 0 aliphatic rings. The van der Waals surface area contributed by atoms with Gasteiger partial charge in [-0.3, -0.25) is 29.4 Å². The number of anilines is 2. The molecule has 2 amide bonds. The molecule has 0 saturated carbocycles. The molecule has 37 heavy (non-hydrogen) atoms. The van der Waals surface area contributed by atoms with Gasteiger partial charge >= 0.3 is 5.97 Å². The molecule has 0 radical (unpaired) electrons. The summed E-state index contributed by atoms with van der Waals surface area (Å²) < 4.78 is 0. The number of carbonyl (C=O) groups excluding carboxylic acids is 2. The molecule has 9 heteroatoms. The fourth-order valence-corrected chi connectivity index (χ4v) is 4.13. The number of nitro benzene ring substituents is 1.